The number of nitrogens with zero attached hydrogens (tertiary/aromatic N) is 2. The molecule has 8 heteroatoms. The van der Waals surface area contributed by atoms with Crippen LogP contribution in [-0.2, 0) is 0 Å². The zero-order valence-electron chi connectivity index (χ0n) is 17.3. The van der Waals surface area contributed by atoms with Crippen molar-refractivity contribution in [3.05, 3.63) is 105 Å². The van der Waals surface area contributed by atoms with Crippen LogP contribution >= 0.6 is 11.6 Å². The van der Waals surface area contributed by atoms with E-state index in [1.807, 2.05) is 6.07 Å². The molecular weight excluding hydrogens is 442 g/mol. The van der Waals surface area contributed by atoms with Crippen LogP contribution < -0.4 is 10.2 Å². The van der Waals surface area contributed by atoms with E-state index in [1.54, 1.807) is 67.6 Å². The lowest BCUT2D eigenvalue weighted by Gasteiger charge is -2.28. The number of halogens is 1. The smallest absolute Gasteiger partial charge is 0.294 e. The van der Waals surface area contributed by atoms with E-state index in [-0.39, 0.29) is 16.9 Å². The quantitative estimate of drug-likeness (QED) is 0.222. The van der Waals surface area contributed by atoms with Crippen molar-refractivity contribution in [3.63, 3.8) is 0 Å². The number of nitro groups is 1. The average Bonchev–Trinajstić information content (AvgIpc) is 2.79. The molecule has 1 heterocycles. The fraction of sp³-hybridized carbons (Fsp3) is 0.0400. The molecule has 0 spiro atoms. The van der Waals surface area contributed by atoms with E-state index in [4.69, 9.17) is 11.6 Å². The van der Waals surface area contributed by atoms with Crippen molar-refractivity contribution < 1.29 is 14.5 Å². The van der Waals surface area contributed by atoms with Crippen LogP contribution in [0.5, 0.6) is 0 Å². The number of carbonyl (C=O) groups is 2. The van der Waals surface area contributed by atoms with Crippen molar-refractivity contribution in [1.82, 2.24) is 0 Å². The van der Waals surface area contributed by atoms with Crippen LogP contribution in [0.2, 0.25) is 5.02 Å². The van der Waals surface area contributed by atoms with Crippen LogP contribution in [0.3, 0.4) is 0 Å². The summed E-state index contributed by atoms with van der Waals surface area (Å²) in [6.07, 6.45) is 0. The van der Waals surface area contributed by atoms with Gasteiger partial charge in [-0.05, 0) is 42.8 Å². The Morgan fingerprint density at radius 2 is 1.64 bits per heavy atom. The molecule has 0 saturated carbocycles. The summed E-state index contributed by atoms with van der Waals surface area (Å²) in [6, 6.07) is 20.0. The van der Waals surface area contributed by atoms with Gasteiger partial charge in [0.05, 0.1) is 16.2 Å². The van der Waals surface area contributed by atoms with Crippen LogP contribution in [0.1, 0.15) is 26.3 Å². The van der Waals surface area contributed by atoms with Crippen LogP contribution in [-0.4, -0.2) is 16.7 Å². The standard InChI is InChI=1S/C25H16ClN3O4/c1-14-6-2-3-11-20(14)28-24(30)18-10-5-9-17-22(18)19(25(28)31)13-21(29(32)33)23(17)27-16-8-4-7-15(26)12-16/h2-13,27H,1H3. The van der Waals surface area contributed by atoms with Crippen LogP contribution in [0.15, 0.2) is 72.8 Å². The second-order valence-electron chi connectivity index (χ2n) is 7.67. The molecule has 1 aliphatic heterocycles. The molecular formula is C25H16ClN3O4. The number of para-hydroxylation sites is 1. The first-order chi connectivity index (χ1) is 15.9. The summed E-state index contributed by atoms with van der Waals surface area (Å²) < 4.78 is 0. The Morgan fingerprint density at radius 1 is 0.909 bits per heavy atom. The van der Waals surface area contributed by atoms with Crippen LogP contribution in [0.4, 0.5) is 22.7 Å². The first kappa shape index (κ1) is 20.7. The third kappa shape index (κ3) is 3.30. The second kappa shape index (κ2) is 7.72. The predicted molar refractivity (Wildman–Crippen MR) is 128 cm³/mol. The number of aryl methyl sites for hydroxylation is 1. The molecule has 162 valence electrons. The van der Waals surface area contributed by atoms with E-state index in [9.17, 15) is 19.7 Å². The number of benzene rings is 4. The largest absolute Gasteiger partial charge is 0.349 e. The maximum atomic E-state index is 13.5. The Balaban J connectivity index is 1.77. The predicted octanol–water partition coefficient (Wildman–Crippen LogP) is 6.25. The van der Waals surface area contributed by atoms with E-state index >= 15 is 0 Å². The van der Waals surface area contributed by atoms with Gasteiger partial charge >= 0.3 is 0 Å². The Labute approximate surface area is 193 Å². The number of anilines is 3. The molecule has 7 nitrogen and oxygen atoms in total. The van der Waals surface area contributed by atoms with Gasteiger partial charge in [0.2, 0.25) is 0 Å². The Kier molecular flexibility index (Phi) is 4.83. The average molecular weight is 458 g/mol. The summed E-state index contributed by atoms with van der Waals surface area (Å²) in [4.78, 5) is 39.5. The van der Waals surface area contributed by atoms with E-state index in [0.29, 0.717) is 32.7 Å². The van der Waals surface area contributed by atoms with Gasteiger partial charge < -0.3 is 5.32 Å². The van der Waals surface area contributed by atoms with Gasteiger partial charge in [-0.1, -0.05) is 48.0 Å². The second-order valence-corrected chi connectivity index (χ2v) is 8.11. The van der Waals surface area contributed by atoms with Crippen molar-refractivity contribution in [2.75, 3.05) is 10.2 Å². The molecule has 0 unspecified atom stereocenters. The molecule has 5 rings (SSSR count). The SMILES string of the molecule is Cc1ccccc1N1C(=O)c2cccc3c(Nc4cccc(Cl)c4)c([N+](=O)[O-])cc(c23)C1=O. The Hall–Kier alpha value is -4.23. The molecule has 4 aromatic carbocycles. The highest BCUT2D eigenvalue weighted by Gasteiger charge is 2.37. The lowest BCUT2D eigenvalue weighted by Crippen LogP contribution is -2.41. The summed E-state index contributed by atoms with van der Waals surface area (Å²) in [6.45, 7) is 1.80. The normalized spacial score (nSPS) is 12.8. The molecule has 33 heavy (non-hydrogen) atoms. The molecule has 1 aliphatic rings. The Morgan fingerprint density at radius 3 is 2.36 bits per heavy atom. The maximum absolute atomic E-state index is 13.5. The summed E-state index contributed by atoms with van der Waals surface area (Å²) in [5.74, 6) is -1.08. The number of amides is 2. The highest BCUT2D eigenvalue weighted by Crippen LogP contribution is 2.42. The van der Waals surface area contributed by atoms with Gasteiger partial charge in [0.25, 0.3) is 17.5 Å². The van der Waals surface area contributed by atoms with E-state index in [0.717, 1.165) is 10.5 Å². The molecule has 0 fully saturated rings. The fourth-order valence-corrected chi connectivity index (χ4v) is 4.36. The van der Waals surface area contributed by atoms with Crippen molar-refractivity contribution >= 4 is 56.9 Å². The van der Waals surface area contributed by atoms with Gasteiger partial charge in [-0.3, -0.25) is 19.7 Å². The fourth-order valence-electron chi connectivity index (χ4n) is 4.17. The lowest BCUT2D eigenvalue weighted by atomic mass is 9.91. The molecule has 2 amide bonds. The number of hydrogen-bond donors (Lipinski definition) is 1. The van der Waals surface area contributed by atoms with E-state index in [2.05, 4.69) is 5.32 Å². The third-order valence-electron chi connectivity index (χ3n) is 5.65. The molecule has 1 N–H and O–H groups in total. The van der Waals surface area contributed by atoms with E-state index < -0.39 is 16.7 Å². The lowest BCUT2D eigenvalue weighted by molar-refractivity contribution is -0.383. The van der Waals surface area contributed by atoms with Crippen molar-refractivity contribution in [2.45, 2.75) is 6.92 Å². The van der Waals surface area contributed by atoms with Crippen LogP contribution in [0.25, 0.3) is 10.8 Å². The van der Waals surface area contributed by atoms with Gasteiger partial charge in [-0.25, -0.2) is 4.90 Å². The Bertz CT molecular complexity index is 1500. The maximum Gasteiger partial charge on any atom is 0.294 e. The molecule has 4 aromatic rings. The zero-order valence-corrected chi connectivity index (χ0v) is 18.1. The number of nitro benzene ring substituents is 1. The highest BCUT2D eigenvalue weighted by atomic mass is 35.5. The first-order valence-electron chi connectivity index (χ1n) is 10.1. The molecule has 0 atom stereocenters. The van der Waals surface area contributed by atoms with Crippen molar-refractivity contribution in [2.24, 2.45) is 0 Å². The number of nitrogens with one attached hydrogen (secondary N) is 1. The topological polar surface area (TPSA) is 92.6 Å². The first-order valence-corrected chi connectivity index (χ1v) is 10.5. The van der Waals surface area contributed by atoms with Crippen LogP contribution in [0, 0.1) is 17.0 Å². The molecule has 0 aliphatic carbocycles. The summed E-state index contributed by atoms with van der Waals surface area (Å²) in [5.41, 5.74) is 2.04. The van der Waals surface area contributed by atoms with Gasteiger partial charge in [0.1, 0.15) is 5.69 Å². The number of rotatable bonds is 4. The van der Waals surface area contributed by atoms with E-state index in [1.165, 1.54) is 6.07 Å². The summed E-state index contributed by atoms with van der Waals surface area (Å²) >= 11 is 6.07. The number of hydrogen-bond acceptors (Lipinski definition) is 5. The van der Waals surface area contributed by atoms with Crippen molar-refractivity contribution in [1.29, 1.82) is 0 Å². The molecule has 0 aromatic heterocycles. The van der Waals surface area contributed by atoms with Gasteiger partial charge in [-0.2, -0.15) is 0 Å². The minimum absolute atomic E-state index is 0.104. The number of imide groups is 1. The number of carbonyl (C=O) groups excluding carboxylic acids is 2. The van der Waals surface area contributed by atoms with Gasteiger partial charge in [0, 0.05) is 33.1 Å². The highest BCUT2D eigenvalue weighted by molar-refractivity contribution is 6.37. The summed E-state index contributed by atoms with van der Waals surface area (Å²) in [7, 11) is 0. The molecule has 0 radical (unpaired) electrons. The van der Waals surface area contributed by atoms with Gasteiger partial charge in [0.15, 0.2) is 0 Å². The molecule has 0 saturated heterocycles. The summed E-state index contributed by atoms with van der Waals surface area (Å²) in [5, 5.41) is 16.3. The zero-order chi connectivity index (χ0) is 23.3. The van der Waals surface area contributed by atoms with Gasteiger partial charge in [-0.15, -0.1) is 0 Å². The van der Waals surface area contributed by atoms with Crippen molar-refractivity contribution in [3.8, 4) is 0 Å². The third-order valence-corrected chi connectivity index (χ3v) is 5.89. The minimum Gasteiger partial charge on any atom is -0.349 e. The monoisotopic (exact) mass is 457 g/mol. The minimum atomic E-state index is -0.601. The molecule has 0 bridgehead atoms.